The first-order valence-electron chi connectivity index (χ1n) is 6.84. The molecule has 0 radical (unpaired) electrons. The molecule has 0 amide bonds. The van der Waals surface area contributed by atoms with E-state index in [0.717, 1.165) is 10.0 Å². The van der Waals surface area contributed by atoms with Crippen LogP contribution >= 0.6 is 15.9 Å². The van der Waals surface area contributed by atoms with Crippen molar-refractivity contribution in [2.45, 2.75) is 13.0 Å². The Morgan fingerprint density at radius 3 is 2.48 bits per heavy atom. The molecule has 0 spiro atoms. The molecule has 3 aromatic carbocycles. The minimum absolute atomic E-state index is 0.0165. The van der Waals surface area contributed by atoms with Crippen LogP contribution in [0.1, 0.15) is 18.5 Å². The van der Waals surface area contributed by atoms with Gasteiger partial charge in [0, 0.05) is 10.5 Å². The summed E-state index contributed by atoms with van der Waals surface area (Å²) in [5.74, 6) is -0.253. The summed E-state index contributed by atoms with van der Waals surface area (Å²) in [5.41, 5.74) is 1.63. The van der Waals surface area contributed by atoms with Crippen LogP contribution in [0.2, 0.25) is 0 Å². The Balaban J connectivity index is 1.91. The predicted molar refractivity (Wildman–Crippen MR) is 90.1 cm³/mol. The normalized spacial score (nSPS) is 12.3. The van der Waals surface area contributed by atoms with E-state index in [0.29, 0.717) is 5.69 Å². The summed E-state index contributed by atoms with van der Waals surface area (Å²) in [4.78, 5) is 0. The van der Waals surface area contributed by atoms with Crippen molar-refractivity contribution in [1.29, 1.82) is 0 Å². The van der Waals surface area contributed by atoms with Crippen molar-refractivity contribution < 1.29 is 4.39 Å². The van der Waals surface area contributed by atoms with Gasteiger partial charge in [0.25, 0.3) is 0 Å². The molecule has 1 unspecified atom stereocenters. The molecule has 3 heteroatoms. The van der Waals surface area contributed by atoms with E-state index in [-0.39, 0.29) is 11.9 Å². The van der Waals surface area contributed by atoms with E-state index >= 15 is 0 Å². The Morgan fingerprint density at radius 2 is 1.71 bits per heavy atom. The summed E-state index contributed by atoms with van der Waals surface area (Å²) >= 11 is 3.39. The van der Waals surface area contributed by atoms with Gasteiger partial charge in [0.15, 0.2) is 0 Å². The second-order valence-electron chi connectivity index (χ2n) is 5.07. The van der Waals surface area contributed by atoms with Crippen LogP contribution in [0.4, 0.5) is 10.1 Å². The van der Waals surface area contributed by atoms with E-state index in [1.165, 1.54) is 16.8 Å². The van der Waals surface area contributed by atoms with E-state index in [4.69, 9.17) is 0 Å². The molecule has 1 atom stereocenters. The number of fused-ring (bicyclic) bond motifs is 1. The summed E-state index contributed by atoms with van der Waals surface area (Å²) in [5, 5.41) is 5.64. The Hall–Kier alpha value is -1.87. The lowest BCUT2D eigenvalue weighted by Crippen LogP contribution is -2.08. The standard InChI is InChI=1S/C18H15BrFN/c1-12(21-18-16(19)7-4-8-17(18)20)14-10-9-13-5-2-3-6-15(13)11-14/h2-12,21H,1H3. The maximum absolute atomic E-state index is 13.9. The quantitative estimate of drug-likeness (QED) is 0.622. The number of hydrogen-bond donors (Lipinski definition) is 1. The van der Waals surface area contributed by atoms with Crippen LogP contribution in [0.3, 0.4) is 0 Å². The molecule has 0 aromatic heterocycles. The number of benzene rings is 3. The number of halogens is 2. The fraction of sp³-hybridized carbons (Fsp3) is 0.111. The zero-order valence-corrected chi connectivity index (χ0v) is 13.2. The number of nitrogens with one attached hydrogen (secondary N) is 1. The van der Waals surface area contributed by atoms with Crippen molar-refractivity contribution in [2.75, 3.05) is 5.32 Å². The molecule has 106 valence electrons. The van der Waals surface area contributed by atoms with Crippen molar-refractivity contribution in [3.63, 3.8) is 0 Å². The Labute approximate surface area is 131 Å². The lowest BCUT2D eigenvalue weighted by Gasteiger charge is -2.18. The summed E-state index contributed by atoms with van der Waals surface area (Å²) in [7, 11) is 0. The fourth-order valence-electron chi connectivity index (χ4n) is 2.41. The van der Waals surface area contributed by atoms with Crippen LogP contribution in [-0.4, -0.2) is 0 Å². The third-order valence-electron chi connectivity index (χ3n) is 3.60. The van der Waals surface area contributed by atoms with Gasteiger partial charge in [-0.3, -0.25) is 0 Å². The lowest BCUT2D eigenvalue weighted by molar-refractivity contribution is 0.626. The molecule has 1 nitrogen and oxygen atoms in total. The number of para-hydroxylation sites is 1. The average Bonchev–Trinajstić information content (AvgIpc) is 2.50. The van der Waals surface area contributed by atoms with Gasteiger partial charge in [-0.15, -0.1) is 0 Å². The molecule has 0 aliphatic heterocycles. The molecule has 0 fully saturated rings. The van der Waals surface area contributed by atoms with Gasteiger partial charge < -0.3 is 5.32 Å². The van der Waals surface area contributed by atoms with Gasteiger partial charge >= 0.3 is 0 Å². The maximum atomic E-state index is 13.9. The monoisotopic (exact) mass is 343 g/mol. The van der Waals surface area contributed by atoms with E-state index in [2.05, 4.69) is 51.6 Å². The molecular formula is C18H15BrFN. The minimum Gasteiger partial charge on any atom is -0.375 e. The molecule has 0 saturated carbocycles. The first-order valence-corrected chi connectivity index (χ1v) is 7.64. The van der Waals surface area contributed by atoms with Crippen LogP contribution in [-0.2, 0) is 0 Å². The van der Waals surface area contributed by atoms with Crippen molar-refractivity contribution in [3.8, 4) is 0 Å². The van der Waals surface area contributed by atoms with Crippen LogP contribution in [0.25, 0.3) is 10.8 Å². The first kappa shape index (κ1) is 14.1. The molecule has 21 heavy (non-hydrogen) atoms. The Morgan fingerprint density at radius 1 is 0.952 bits per heavy atom. The largest absolute Gasteiger partial charge is 0.375 e. The summed E-state index contributed by atoms with van der Waals surface area (Å²) in [6.07, 6.45) is 0. The molecule has 0 saturated heterocycles. The minimum atomic E-state index is -0.253. The molecular weight excluding hydrogens is 329 g/mol. The molecule has 0 aliphatic carbocycles. The number of anilines is 1. The van der Waals surface area contributed by atoms with Gasteiger partial charge in [-0.25, -0.2) is 4.39 Å². The molecule has 1 N–H and O–H groups in total. The molecule has 0 bridgehead atoms. The van der Waals surface area contributed by atoms with Crippen LogP contribution in [0.5, 0.6) is 0 Å². The van der Waals surface area contributed by atoms with Gasteiger partial charge in [0.1, 0.15) is 5.82 Å². The first-order chi connectivity index (χ1) is 10.1. The highest BCUT2D eigenvalue weighted by Gasteiger charge is 2.11. The van der Waals surface area contributed by atoms with Crippen LogP contribution < -0.4 is 5.32 Å². The van der Waals surface area contributed by atoms with Gasteiger partial charge in [0.2, 0.25) is 0 Å². The van der Waals surface area contributed by atoms with E-state index in [1.54, 1.807) is 6.07 Å². The maximum Gasteiger partial charge on any atom is 0.147 e. The van der Waals surface area contributed by atoms with Crippen molar-refractivity contribution in [3.05, 3.63) is 76.5 Å². The Kier molecular flexibility index (Phi) is 3.93. The number of rotatable bonds is 3. The summed E-state index contributed by atoms with van der Waals surface area (Å²) < 4.78 is 14.6. The van der Waals surface area contributed by atoms with Crippen molar-refractivity contribution in [2.24, 2.45) is 0 Å². The predicted octanol–water partition coefficient (Wildman–Crippen LogP) is 5.91. The third-order valence-corrected chi connectivity index (χ3v) is 4.26. The summed E-state index contributed by atoms with van der Waals surface area (Å²) in [6, 6.07) is 19.5. The van der Waals surface area contributed by atoms with Gasteiger partial charge in [-0.2, -0.15) is 0 Å². The fourth-order valence-corrected chi connectivity index (χ4v) is 2.87. The molecule has 3 aromatic rings. The van der Waals surface area contributed by atoms with Crippen LogP contribution in [0, 0.1) is 5.82 Å². The van der Waals surface area contributed by atoms with E-state index in [1.807, 2.05) is 25.1 Å². The van der Waals surface area contributed by atoms with E-state index in [9.17, 15) is 4.39 Å². The van der Waals surface area contributed by atoms with Crippen molar-refractivity contribution >= 4 is 32.4 Å². The third kappa shape index (κ3) is 2.93. The highest BCUT2D eigenvalue weighted by atomic mass is 79.9. The molecule has 3 rings (SSSR count). The van der Waals surface area contributed by atoms with Crippen LogP contribution in [0.15, 0.2) is 65.1 Å². The van der Waals surface area contributed by atoms with Crippen molar-refractivity contribution in [1.82, 2.24) is 0 Å². The zero-order valence-electron chi connectivity index (χ0n) is 11.6. The second-order valence-corrected chi connectivity index (χ2v) is 5.92. The van der Waals surface area contributed by atoms with Gasteiger partial charge in [-0.05, 0) is 57.4 Å². The molecule has 0 heterocycles. The molecule has 0 aliphatic rings. The number of hydrogen-bond acceptors (Lipinski definition) is 1. The van der Waals surface area contributed by atoms with Gasteiger partial charge in [-0.1, -0.05) is 42.5 Å². The highest BCUT2D eigenvalue weighted by Crippen LogP contribution is 2.30. The summed E-state index contributed by atoms with van der Waals surface area (Å²) in [6.45, 7) is 2.03. The second kappa shape index (κ2) is 5.86. The smallest absolute Gasteiger partial charge is 0.147 e. The SMILES string of the molecule is CC(Nc1c(F)cccc1Br)c1ccc2ccccc2c1. The topological polar surface area (TPSA) is 12.0 Å². The van der Waals surface area contributed by atoms with E-state index < -0.39 is 0 Å². The zero-order chi connectivity index (χ0) is 14.8. The Bertz CT molecular complexity index is 765. The lowest BCUT2D eigenvalue weighted by atomic mass is 10.0. The highest BCUT2D eigenvalue weighted by molar-refractivity contribution is 9.10. The van der Waals surface area contributed by atoms with Gasteiger partial charge in [0.05, 0.1) is 5.69 Å². The average molecular weight is 344 g/mol.